The fourth-order valence-electron chi connectivity index (χ4n) is 10.5. The third kappa shape index (κ3) is 3.49. The maximum Gasteiger partial charge on any atom is 0.0594 e. The first-order valence-electron chi connectivity index (χ1n) is 14.1. The van der Waals surface area contributed by atoms with Crippen molar-refractivity contribution in [1.82, 2.24) is 0 Å². The van der Waals surface area contributed by atoms with E-state index in [2.05, 4.69) is 55.4 Å². The third-order valence-corrected chi connectivity index (χ3v) is 12.6. The lowest BCUT2D eigenvalue weighted by Crippen LogP contribution is -2.61. The van der Waals surface area contributed by atoms with Crippen molar-refractivity contribution in [2.45, 2.75) is 132 Å². The second-order valence-electron chi connectivity index (χ2n) is 14.5. The maximum atomic E-state index is 10.8. The van der Waals surface area contributed by atoms with Crippen molar-refractivity contribution < 1.29 is 5.11 Å². The van der Waals surface area contributed by atoms with Crippen molar-refractivity contribution in [3.63, 3.8) is 0 Å². The fraction of sp³-hybridized carbons (Fsp3) is 1.00. The topological polar surface area (TPSA) is 20.2 Å². The molecule has 9 atom stereocenters. The Kier molecular flexibility index (Phi) is 6.24. The molecular formula is C30H54O. The molecule has 4 fully saturated rings. The standard InChI is InChI=1S/C30H54O/c1-20(2)10-9-11-21(3)22-14-18-30(8)24-12-13-25-27(4,5)26(31)16-17-28(25,6)23(24)15-19-29(22,30)7/h20-26,31H,9-19H2,1-8H3/t21-,22-,23+,24-,25?,26?,28-,29-,30+/m1/s1. The van der Waals surface area contributed by atoms with Crippen LogP contribution in [-0.2, 0) is 0 Å². The van der Waals surface area contributed by atoms with Gasteiger partial charge in [0, 0.05) is 0 Å². The maximum absolute atomic E-state index is 10.8. The second kappa shape index (κ2) is 8.02. The van der Waals surface area contributed by atoms with Crippen LogP contribution in [0.2, 0.25) is 0 Å². The molecule has 2 unspecified atom stereocenters. The predicted octanol–water partition coefficient (Wildman–Crippen LogP) is 8.49. The summed E-state index contributed by atoms with van der Waals surface area (Å²) in [6, 6.07) is 0. The summed E-state index contributed by atoms with van der Waals surface area (Å²) in [4.78, 5) is 0. The molecule has 1 heteroatoms. The summed E-state index contributed by atoms with van der Waals surface area (Å²) >= 11 is 0. The van der Waals surface area contributed by atoms with E-state index in [0.717, 1.165) is 36.0 Å². The molecular weight excluding hydrogens is 376 g/mol. The number of aliphatic hydroxyl groups excluding tert-OH is 1. The van der Waals surface area contributed by atoms with Crippen LogP contribution < -0.4 is 0 Å². The Bertz CT molecular complexity index is 651. The summed E-state index contributed by atoms with van der Waals surface area (Å²) in [5.74, 6) is 5.16. The number of hydrogen-bond donors (Lipinski definition) is 1. The van der Waals surface area contributed by atoms with Crippen LogP contribution in [0.1, 0.15) is 126 Å². The van der Waals surface area contributed by atoms with Gasteiger partial charge >= 0.3 is 0 Å². The van der Waals surface area contributed by atoms with Crippen molar-refractivity contribution in [1.29, 1.82) is 0 Å². The zero-order valence-corrected chi connectivity index (χ0v) is 22.3. The van der Waals surface area contributed by atoms with E-state index < -0.39 is 0 Å². The summed E-state index contributed by atoms with van der Waals surface area (Å²) in [6.45, 7) is 20.2. The van der Waals surface area contributed by atoms with Gasteiger partial charge in [-0.15, -0.1) is 0 Å². The average Bonchev–Trinajstić information content (AvgIpc) is 2.96. The Morgan fingerprint density at radius 3 is 2.10 bits per heavy atom. The predicted molar refractivity (Wildman–Crippen MR) is 133 cm³/mol. The fourth-order valence-corrected chi connectivity index (χ4v) is 10.5. The van der Waals surface area contributed by atoms with Crippen molar-refractivity contribution in [3.8, 4) is 0 Å². The highest BCUT2D eigenvalue weighted by molar-refractivity contribution is 5.16. The lowest BCUT2D eigenvalue weighted by Gasteiger charge is -2.67. The van der Waals surface area contributed by atoms with Crippen LogP contribution in [0.25, 0.3) is 0 Å². The zero-order valence-electron chi connectivity index (χ0n) is 22.3. The molecule has 4 aliphatic rings. The van der Waals surface area contributed by atoms with Crippen LogP contribution in [-0.4, -0.2) is 11.2 Å². The van der Waals surface area contributed by atoms with Gasteiger partial charge in [-0.3, -0.25) is 0 Å². The molecule has 0 amide bonds. The normalized spacial score (nSPS) is 49.9. The van der Waals surface area contributed by atoms with E-state index in [1.54, 1.807) is 0 Å². The highest BCUT2D eigenvalue weighted by atomic mass is 16.3. The largest absolute Gasteiger partial charge is 0.393 e. The van der Waals surface area contributed by atoms with Crippen molar-refractivity contribution >= 4 is 0 Å². The van der Waals surface area contributed by atoms with Gasteiger partial charge in [-0.2, -0.15) is 0 Å². The van der Waals surface area contributed by atoms with E-state index in [4.69, 9.17) is 0 Å². The van der Waals surface area contributed by atoms with Gasteiger partial charge in [-0.1, -0.05) is 74.7 Å². The quantitative estimate of drug-likeness (QED) is 0.463. The van der Waals surface area contributed by atoms with Crippen LogP contribution in [0.3, 0.4) is 0 Å². The molecule has 0 aromatic carbocycles. The van der Waals surface area contributed by atoms with Gasteiger partial charge < -0.3 is 5.11 Å². The number of hydrogen-bond acceptors (Lipinski definition) is 1. The molecule has 31 heavy (non-hydrogen) atoms. The highest BCUT2D eigenvalue weighted by Gasteiger charge is 2.67. The van der Waals surface area contributed by atoms with Crippen molar-refractivity contribution in [3.05, 3.63) is 0 Å². The summed E-state index contributed by atoms with van der Waals surface area (Å²) in [7, 11) is 0. The van der Waals surface area contributed by atoms with Crippen LogP contribution in [0.15, 0.2) is 0 Å². The van der Waals surface area contributed by atoms with Crippen LogP contribution in [0, 0.1) is 57.2 Å². The van der Waals surface area contributed by atoms with Crippen molar-refractivity contribution in [2.24, 2.45) is 57.2 Å². The number of aliphatic hydroxyl groups is 1. The van der Waals surface area contributed by atoms with Crippen LogP contribution >= 0.6 is 0 Å². The summed E-state index contributed by atoms with van der Waals surface area (Å²) in [5.41, 5.74) is 1.60. The molecule has 1 N–H and O–H groups in total. The first kappa shape index (κ1) is 24.1. The summed E-state index contributed by atoms with van der Waals surface area (Å²) in [5, 5.41) is 10.8. The van der Waals surface area contributed by atoms with E-state index in [1.165, 1.54) is 64.2 Å². The van der Waals surface area contributed by atoms with Gasteiger partial charge in [0.1, 0.15) is 0 Å². The van der Waals surface area contributed by atoms with Crippen LogP contribution in [0.5, 0.6) is 0 Å². The Hall–Kier alpha value is -0.0400. The van der Waals surface area contributed by atoms with E-state index >= 15 is 0 Å². The smallest absolute Gasteiger partial charge is 0.0594 e. The number of rotatable bonds is 5. The molecule has 180 valence electrons. The summed E-state index contributed by atoms with van der Waals surface area (Å²) < 4.78 is 0. The first-order valence-corrected chi connectivity index (χ1v) is 14.1. The van der Waals surface area contributed by atoms with Crippen molar-refractivity contribution in [2.75, 3.05) is 0 Å². The second-order valence-corrected chi connectivity index (χ2v) is 14.5. The minimum atomic E-state index is -0.103. The lowest BCUT2D eigenvalue weighted by atomic mass is 9.38. The molecule has 0 saturated heterocycles. The van der Waals surface area contributed by atoms with Crippen LogP contribution in [0.4, 0.5) is 0 Å². The van der Waals surface area contributed by atoms with Gasteiger partial charge in [-0.25, -0.2) is 0 Å². The average molecular weight is 431 g/mol. The number of fused-ring (bicyclic) bond motifs is 5. The van der Waals surface area contributed by atoms with Gasteiger partial charge in [0.25, 0.3) is 0 Å². The Morgan fingerprint density at radius 2 is 1.42 bits per heavy atom. The molecule has 0 aromatic rings. The van der Waals surface area contributed by atoms with Gasteiger partial charge in [0.05, 0.1) is 6.10 Å². The molecule has 1 nitrogen and oxygen atoms in total. The first-order chi connectivity index (χ1) is 14.4. The van der Waals surface area contributed by atoms with Gasteiger partial charge in [0.2, 0.25) is 0 Å². The minimum Gasteiger partial charge on any atom is -0.393 e. The monoisotopic (exact) mass is 430 g/mol. The third-order valence-electron chi connectivity index (χ3n) is 12.6. The van der Waals surface area contributed by atoms with E-state index in [0.29, 0.717) is 22.2 Å². The molecule has 0 bridgehead atoms. The molecule has 0 heterocycles. The molecule has 0 aliphatic heterocycles. The Labute approximate surface area is 194 Å². The SMILES string of the molecule is CC(C)CCC[C@@H](C)[C@H]1CC[C@@]2(C)[C@@H]3CCC4C(C)(C)C(O)CC[C@]4(C)[C@H]3CC[C@]12C. The van der Waals surface area contributed by atoms with E-state index in [-0.39, 0.29) is 11.5 Å². The Balaban J connectivity index is 1.56. The molecule has 4 aliphatic carbocycles. The minimum absolute atomic E-state index is 0.0861. The van der Waals surface area contributed by atoms with E-state index in [1.807, 2.05) is 0 Å². The Morgan fingerprint density at radius 1 is 0.742 bits per heavy atom. The van der Waals surface area contributed by atoms with Gasteiger partial charge in [0.15, 0.2) is 0 Å². The molecule has 0 spiro atoms. The molecule has 4 saturated carbocycles. The summed E-state index contributed by atoms with van der Waals surface area (Å²) in [6.07, 6.45) is 15.0. The molecule has 0 aromatic heterocycles. The van der Waals surface area contributed by atoms with Gasteiger partial charge in [-0.05, 0) is 109 Å². The molecule has 0 radical (unpaired) electrons. The molecule has 4 rings (SSSR count). The lowest BCUT2D eigenvalue weighted by molar-refractivity contribution is -0.200. The zero-order chi connectivity index (χ0) is 22.8. The highest BCUT2D eigenvalue weighted by Crippen LogP contribution is 2.74. The van der Waals surface area contributed by atoms with E-state index in [9.17, 15) is 5.11 Å².